The van der Waals surface area contributed by atoms with Gasteiger partial charge in [0.2, 0.25) is 0 Å². The highest BCUT2D eigenvalue weighted by atomic mass is 35.5. The standard InChI is InChI=1S/C11H13N3O2.ClH/c15-11-13-9-2-1-8(7-10(9)16-11)14-5-3-12-4-6-14;/h1-2,7,12H,3-6H2,(H,13,15);1H. The largest absolute Gasteiger partial charge is 0.417 e. The molecule has 1 aliphatic rings. The van der Waals surface area contributed by atoms with Gasteiger partial charge in [-0.1, -0.05) is 0 Å². The van der Waals surface area contributed by atoms with Crippen LogP contribution in [0, 0.1) is 0 Å². The highest BCUT2D eigenvalue weighted by molar-refractivity contribution is 5.85. The minimum atomic E-state index is -0.396. The van der Waals surface area contributed by atoms with E-state index in [0.29, 0.717) is 5.58 Å². The van der Waals surface area contributed by atoms with Crippen molar-refractivity contribution in [1.29, 1.82) is 0 Å². The quantitative estimate of drug-likeness (QED) is 0.797. The number of oxazole rings is 1. The fourth-order valence-corrected chi connectivity index (χ4v) is 2.05. The Morgan fingerprint density at radius 2 is 2.00 bits per heavy atom. The first-order chi connectivity index (χ1) is 7.83. The van der Waals surface area contributed by atoms with Gasteiger partial charge in [0, 0.05) is 37.9 Å². The Kier molecular flexibility index (Phi) is 3.40. The first-order valence-electron chi connectivity index (χ1n) is 5.41. The molecule has 17 heavy (non-hydrogen) atoms. The van der Waals surface area contributed by atoms with Crippen LogP contribution in [-0.2, 0) is 0 Å². The third-order valence-corrected chi connectivity index (χ3v) is 2.89. The van der Waals surface area contributed by atoms with Crippen LogP contribution >= 0.6 is 12.4 Å². The molecule has 0 bridgehead atoms. The van der Waals surface area contributed by atoms with E-state index in [1.54, 1.807) is 0 Å². The van der Waals surface area contributed by atoms with Crippen LogP contribution in [0.4, 0.5) is 5.69 Å². The van der Waals surface area contributed by atoms with Crippen LogP contribution in [0.3, 0.4) is 0 Å². The molecule has 1 fully saturated rings. The van der Waals surface area contributed by atoms with E-state index in [9.17, 15) is 4.79 Å². The number of benzene rings is 1. The molecule has 2 aromatic rings. The van der Waals surface area contributed by atoms with Crippen molar-refractivity contribution in [3.05, 3.63) is 28.7 Å². The van der Waals surface area contributed by atoms with Gasteiger partial charge in [-0.25, -0.2) is 4.79 Å². The Morgan fingerprint density at radius 1 is 1.24 bits per heavy atom. The number of H-pyrrole nitrogens is 1. The van der Waals surface area contributed by atoms with Gasteiger partial charge in [-0.05, 0) is 12.1 Å². The molecule has 2 N–H and O–H groups in total. The fourth-order valence-electron chi connectivity index (χ4n) is 2.05. The van der Waals surface area contributed by atoms with E-state index in [0.717, 1.165) is 37.4 Å². The van der Waals surface area contributed by atoms with Crippen LogP contribution < -0.4 is 16.0 Å². The molecule has 1 aromatic carbocycles. The molecular weight excluding hydrogens is 242 g/mol. The van der Waals surface area contributed by atoms with E-state index in [1.807, 2.05) is 18.2 Å². The highest BCUT2D eigenvalue weighted by Gasteiger charge is 2.11. The molecule has 1 aromatic heterocycles. The molecule has 0 aliphatic carbocycles. The lowest BCUT2D eigenvalue weighted by atomic mass is 10.2. The normalized spacial score (nSPS) is 15.9. The van der Waals surface area contributed by atoms with Crippen LogP contribution in [-0.4, -0.2) is 31.2 Å². The number of aromatic amines is 1. The molecule has 2 heterocycles. The van der Waals surface area contributed by atoms with Gasteiger partial charge >= 0.3 is 5.76 Å². The molecule has 0 atom stereocenters. The van der Waals surface area contributed by atoms with Gasteiger partial charge in [-0.2, -0.15) is 0 Å². The lowest BCUT2D eigenvalue weighted by Crippen LogP contribution is -2.43. The first-order valence-corrected chi connectivity index (χ1v) is 5.41. The maximum Gasteiger partial charge on any atom is 0.417 e. The van der Waals surface area contributed by atoms with Crippen LogP contribution in [0.5, 0.6) is 0 Å². The number of aromatic nitrogens is 1. The number of halogens is 1. The summed E-state index contributed by atoms with van der Waals surface area (Å²) in [6.07, 6.45) is 0. The number of nitrogens with one attached hydrogen (secondary N) is 2. The van der Waals surface area contributed by atoms with E-state index < -0.39 is 5.76 Å². The molecule has 0 saturated carbocycles. The molecule has 1 aliphatic heterocycles. The summed E-state index contributed by atoms with van der Waals surface area (Å²) >= 11 is 0. The topological polar surface area (TPSA) is 61.3 Å². The van der Waals surface area contributed by atoms with Gasteiger partial charge < -0.3 is 14.6 Å². The summed E-state index contributed by atoms with van der Waals surface area (Å²) in [7, 11) is 0. The van der Waals surface area contributed by atoms with E-state index in [2.05, 4.69) is 15.2 Å². The second kappa shape index (κ2) is 4.81. The molecule has 0 spiro atoms. The van der Waals surface area contributed by atoms with Crippen LogP contribution in [0.2, 0.25) is 0 Å². The van der Waals surface area contributed by atoms with Gasteiger partial charge in [-0.15, -0.1) is 12.4 Å². The number of anilines is 1. The monoisotopic (exact) mass is 255 g/mol. The number of nitrogens with zero attached hydrogens (tertiary/aromatic N) is 1. The van der Waals surface area contributed by atoms with Gasteiger partial charge in [0.1, 0.15) is 0 Å². The van der Waals surface area contributed by atoms with Crippen molar-refractivity contribution in [1.82, 2.24) is 10.3 Å². The molecule has 0 unspecified atom stereocenters. The predicted molar refractivity (Wildman–Crippen MR) is 69.2 cm³/mol. The molecular formula is C11H14ClN3O2. The third kappa shape index (κ3) is 2.30. The molecule has 1 saturated heterocycles. The zero-order valence-corrected chi connectivity index (χ0v) is 10.0. The van der Waals surface area contributed by atoms with Crippen molar-refractivity contribution in [3.8, 4) is 0 Å². The maximum atomic E-state index is 11.0. The summed E-state index contributed by atoms with van der Waals surface area (Å²) in [6.45, 7) is 3.96. The highest BCUT2D eigenvalue weighted by Crippen LogP contribution is 2.20. The van der Waals surface area contributed by atoms with Crippen LogP contribution in [0.25, 0.3) is 11.1 Å². The van der Waals surface area contributed by atoms with E-state index in [-0.39, 0.29) is 12.4 Å². The molecule has 0 amide bonds. The number of rotatable bonds is 1. The predicted octanol–water partition coefficient (Wildman–Crippen LogP) is 0.952. The first kappa shape index (κ1) is 12.0. The van der Waals surface area contributed by atoms with Crippen LogP contribution in [0.1, 0.15) is 0 Å². The van der Waals surface area contributed by atoms with Crippen molar-refractivity contribution in [2.75, 3.05) is 31.1 Å². The van der Waals surface area contributed by atoms with Gasteiger partial charge in [0.25, 0.3) is 0 Å². The number of fused-ring (bicyclic) bond motifs is 1. The summed E-state index contributed by atoms with van der Waals surface area (Å²) < 4.78 is 5.05. The third-order valence-electron chi connectivity index (χ3n) is 2.89. The maximum absolute atomic E-state index is 11.0. The molecule has 6 heteroatoms. The zero-order chi connectivity index (χ0) is 11.0. The second-order valence-corrected chi connectivity index (χ2v) is 3.93. The Labute approximate surface area is 104 Å². The average Bonchev–Trinajstić information content (AvgIpc) is 2.69. The van der Waals surface area contributed by atoms with E-state index >= 15 is 0 Å². The van der Waals surface area contributed by atoms with Crippen molar-refractivity contribution in [2.24, 2.45) is 0 Å². The minimum absolute atomic E-state index is 0. The summed E-state index contributed by atoms with van der Waals surface area (Å²) in [6, 6.07) is 5.81. The van der Waals surface area contributed by atoms with Crippen molar-refractivity contribution < 1.29 is 4.42 Å². The second-order valence-electron chi connectivity index (χ2n) is 3.93. The van der Waals surface area contributed by atoms with Gasteiger partial charge in [0.15, 0.2) is 5.58 Å². The summed E-state index contributed by atoms with van der Waals surface area (Å²) in [5.74, 6) is -0.396. The van der Waals surface area contributed by atoms with Gasteiger partial charge in [-0.3, -0.25) is 4.98 Å². The van der Waals surface area contributed by atoms with E-state index in [4.69, 9.17) is 4.42 Å². The Balaban J connectivity index is 0.00000108. The van der Waals surface area contributed by atoms with Crippen molar-refractivity contribution in [2.45, 2.75) is 0 Å². The SMILES string of the molecule is Cl.O=c1[nH]c2ccc(N3CCNCC3)cc2o1. The summed E-state index contributed by atoms with van der Waals surface area (Å²) in [5.41, 5.74) is 2.49. The average molecular weight is 256 g/mol. The lowest BCUT2D eigenvalue weighted by molar-refractivity contribution is 0.554. The smallest absolute Gasteiger partial charge is 0.408 e. The Hall–Kier alpha value is -1.46. The van der Waals surface area contributed by atoms with Gasteiger partial charge in [0.05, 0.1) is 5.52 Å². The summed E-state index contributed by atoms with van der Waals surface area (Å²) in [4.78, 5) is 15.9. The fraction of sp³-hybridized carbons (Fsp3) is 0.364. The minimum Gasteiger partial charge on any atom is -0.408 e. The summed E-state index contributed by atoms with van der Waals surface area (Å²) in [5, 5.41) is 3.30. The Morgan fingerprint density at radius 3 is 2.76 bits per heavy atom. The number of hydrogen-bond acceptors (Lipinski definition) is 4. The molecule has 92 valence electrons. The molecule has 3 rings (SSSR count). The number of piperazine rings is 1. The molecule has 5 nitrogen and oxygen atoms in total. The zero-order valence-electron chi connectivity index (χ0n) is 9.23. The number of hydrogen-bond donors (Lipinski definition) is 2. The Bertz CT molecular complexity index is 557. The van der Waals surface area contributed by atoms with Crippen molar-refractivity contribution >= 4 is 29.2 Å². The van der Waals surface area contributed by atoms with Crippen molar-refractivity contribution in [3.63, 3.8) is 0 Å². The lowest BCUT2D eigenvalue weighted by Gasteiger charge is -2.29. The van der Waals surface area contributed by atoms with E-state index in [1.165, 1.54) is 0 Å². The molecule has 0 radical (unpaired) electrons. The van der Waals surface area contributed by atoms with Crippen LogP contribution in [0.15, 0.2) is 27.4 Å².